The molecule has 106 valence electrons. The summed E-state index contributed by atoms with van der Waals surface area (Å²) in [6.07, 6.45) is 0. The van der Waals surface area contributed by atoms with Crippen molar-refractivity contribution in [3.05, 3.63) is 64.4 Å². The Balaban J connectivity index is 2.22. The van der Waals surface area contributed by atoms with Crippen LogP contribution in [0.2, 0.25) is 10.0 Å². The van der Waals surface area contributed by atoms with Gasteiger partial charge >= 0.3 is 0 Å². The Bertz CT molecular complexity index is 772. The minimum Gasteiger partial charge on any atom is -0.278 e. The molecule has 0 N–H and O–H groups in total. The lowest BCUT2D eigenvalue weighted by Crippen LogP contribution is -2.01. The van der Waals surface area contributed by atoms with E-state index in [1.807, 2.05) is 41.0 Å². The topological polar surface area (TPSA) is 30.7 Å². The van der Waals surface area contributed by atoms with Crippen molar-refractivity contribution in [2.45, 2.75) is 5.33 Å². The monoisotopic (exact) mass is 381 g/mol. The molecule has 0 aliphatic heterocycles. The van der Waals surface area contributed by atoms with E-state index in [2.05, 4.69) is 26.1 Å². The molecule has 1 heterocycles. The van der Waals surface area contributed by atoms with E-state index >= 15 is 0 Å². The second-order valence-electron chi connectivity index (χ2n) is 4.37. The van der Waals surface area contributed by atoms with Gasteiger partial charge in [-0.3, -0.25) is 4.57 Å². The number of aromatic nitrogens is 3. The molecule has 2 aromatic carbocycles. The summed E-state index contributed by atoms with van der Waals surface area (Å²) in [4.78, 5) is 0. The van der Waals surface area contributed by atoms with Crippen molar-refractivity contribution >= 4 is 39.1 Å². The van der Waals surface area contributed by atoms with Gasteiger partial charge in [-0.05, 0) is 30.3 Å². The quantitative estimate of drug-likeness (QED) is 0.587. The van der Waals surface area contributed by atoms with Gasteiger partial charge in [0.25, 0.3) is 0 Å². The summed E-state index contributed by atoms with van der Waals surface area (Å²) in [5.74, 6) is 1.50. The van der Waals surface area contributed by atoms with E-state index in [0.717, 1.165) is 17.1 Å². The van der Waals surface area contributed by atoms with Crippen LogP contribution in [0, 0.1) is 0 Å². The predicted octanol–water partition coefficient (Wildman–Crippen LogP) is 5.14. The minimum atomic E-state index is 0.549. The first-order valence-corrected chi connectivity index (χ1v) is 8.09. The summed E-state index contributed by atoms with van der Waals surface area (Å²) in [5, 5.41) is 10.2. The molecule has 0 unspecified atom stereocenters. The largest absolute Gasteiger partial charge is 0.278 e. The number of halogens is 3. The van der Waals surface area contributed by atoms with Crippen molar-refractivity contribution in [2.24, 2.45) is 0 Å². The number of hydrogen-bond acceptors (Lipinski definition) is 2. The van der Waals surface area contributed by atoms with Crippen LogP contribution in [0.25, 0.3) is 17.1 Å². The van der Waals surface area contributed by atoms with E-state index in [1.165, 1.54) is 0 Å². The molecule has 0 atom stereocenters. The second kappa shape index (κ2) is 6.18. The number of hydrogen-bond donors (Lipinski definition) is 0. The molecule has 0 fully saturated rings. The number of rotatable bonds is 3. The molecule has 0 bridgehead atoms. The molecule has 1 aromatic heterocycles. The van der Waals surface area contributed by atoms with E-state index in [1.54, 1.807) is 12.1 Å². The van der Waals surface area contributed by atoms with Gasteiger partial charge in [0.2, 0.25) is 0 Å². The van der Waals surface area contributed by atoms with Crippen LogP contribution >= 0.6 is 39.1 Å². The van der Waals surface area contributed by atoms with E-state index in [0.29, 0.717) is 21.2 Å². The third-order valence-electron chi connectivity index (χ3n) is 3.04. The highest BCUT2D eigenvalue weighted by molar-refractivity contribution is 9.08. The highest BCUT2D eigenvalue weighted by Crippen LogP contribution is 2.31. The SMILES string of the molecule is Clc1ccc(-c2nnc(CBr)n2-c2ccccc2)c(Cl)c1. The maximum atomic E-state index is 6.30. The zero-order valence-corrected chi connectivity index (χ0v) is 13.9. The molecule has 3 aromatic rings. The average molecular weight is 383 g/mol. The van der Waals surface area contributed by atoms with Gasteiger partial charge in [0.1, 0.15) is 5.82 Å². The Morgan fingerprint density at radius 2 is 1.76 bits per heavy atom. The number of para-hydroxylation sites is 1. The number of alkyl halides is 1. The third kappa shape index (κ3) is 2.84. The van der Waals surface area contributed by atoms with Crippen LogP contribution in [-0.2, 0) is 5.33 Å². The van der Waals surface area contributed by atoms with Gasteiger partial charge in [-0.15, -0.1) is 10.2 Å². The number of nitrogens with zero attached hydrogens (tertiary/aromatic N) is 3. The standard InChI is InChI=1S/C15H10BrCl2N3/c16-9-14-19-20-15(12-7-6-10(17)8-13(12)18)21(14)11-4-2-1-3-5-11/h1-8H,9H2. The van der Waals surface area contributed by atoms with Crippen LogP contribution in [0.1, 0.15) is 5.82 Å². The fourth-order valence-electron chi connectivity index (χ4n) is 2.10. The predicted molar refractivity (Wildman–Crippen MR) is 89.4 cm³/mol. The lowest BCUT2D eigenvalue weighted by molar-refractivity contribution is 0.962. The molecule has 0 spiro atoms. The Morgan fingerprint density at radius 3 is 2.43 bits per heavy atom. The first-order valence-electron chi connectivity index (χ1n) is 6.22. The second-order valence-corrected chi connectivity index (χ2v) is 5.77. The van der Waals surface area contributed by atoms with Gasteiger partial charge < -0.3 is 0 Å². The first-order chi connectivity index (χ1) is 10.2. The maximum Gasteiger partial charge on any atom is 0.170 e. The van der Waals surface area contributed by atoms with E-state index < -0.39 is 0 Å². The molecule has 0 aliphatic rings. The summed E-state index contributed by atoms with van der Waals surface area (Å²) in [7, 11) is 0. The molecular weight excluding hydrogens is 373 g/mol. The highest BCUT2D eigenvalue weighted by atomic mass is 79.9. The van der Waals surface area contributed by atoms with Crippen LogP contribution < -0.4 is 0 Å². The summed E-state index contributed by atoms with van der Waals surface area (Å²) in [5.41, 5.74) is 1.78. The summed E-state index contributed by atoms with van der Waals surface area (Å²) >= 11 is 15.7. The van der Waals surface area contributed by atoms with E-state index in [-0.39, 0.29) is 0 Å². The van der Waals surface area contributed by atoms with Crippen LogP contribution in [0.3, 0.4) is 0 Å². The Hall–Kier alpha value is -1.36. The van der Waals surface area contributed by atoms with Crippen molar-refractivity contribution < 1.29 is 0 Å². The summed E-state index contributed by atoms with van der Waals surface area (Å²) < 4.78 is 1.98. The number of benzene rings is 2. The van der Waals surface area contributed by atoms with Crippen molar-refractivity contribution in [1.29, 1.82) is 0 Å². The highest BCUT2D eigenvalue weighted by Gasteiger charge is 2.17. The van der Waals surface area contributed by atoms with Crippen LogP contribution in [0.4, 0.5) is 0 Å². The zero-order chi connectivity index (χ0) is 14.8. The molecule has 6 heteroatoms. The van der Waals surface area contributed by atoms with E-state index in [9.17, 15) is 0 Å². The van der Waals surface area contributed by atoms with Crippen LogP contribution in [0.15, 0.2) is 48.5 Å². The van der Waals surface area contributed by atoms with Crippen LogP contribution in [0.5, 0.6) is 0 Å². The Kier molecular flexibility index (Phi) is 4.29. The lowest BCUT2D eigenvalue weighted by Gasteiger charge is -2.10. The zero-order valence-electron chi connectivity index (χ0n) is 10.8. The normalized spacial score (nSPS) is 10.8. The smallest absolute Gasteiger partial charge is 0.170 e. The molecule has 0 saturated carbocycles. The molecule has 0 radical (unpaired) electrons. The van der Waals surface area contributed by atoms with Gasteiger partial charge in [0.15, 0.2) is 5.82 Å². The molecule has 0 aliphatic carbocycles. The van der Waals surface area contributed by atoms with Crippen molar-refractivity contribution in [1.82, 2.24) is 14.8 Å². The Morgan fingerprint density at radius 1 is 1.00 bits per heavy atom. The first kappa shape index (κ1) is 14.6. The molecule has 0 saturated heterocycles. The van der Waals surface area contributed by atoms with Crippen molar-refractivity contribution in [3.8, 4) is 17.1 Å². The van der Waals surface area contributed by atoms with Gasteiger partial charge in [-0.25, -0.2) is 0 Å². The third-order valence-corrected chi connectivity index (χ3v) is 4.09. The van der Waals surface area contributed by atoms with Gasteiger partial charge in [0, 0.05) is 16.3 Å². The Labute approximate surface area is 140 Å². The van der Waals surface area contributed by atoms with E-state index in [4.69, 9.17) is 23.2 Å². The summed E-state index contributed by atoms with van der Waals surface area (Å²) in [6.45, 7) is 0. The average Bonchev–Trinajstić information content (AvgIpc) is 2.92. The molecular formula is C15H10BrCl2N3. The molecule has 3 nitrogen and oxygen atoms in total. The lowest BCUT2D eigenvalue weighted by atomic mass is 10.2. The van der Waals surface area contributed by atoms with Crippen molar-refractivity contribution in [2.75, 3.05) is 0 Å². The van der Waals surface area contributed by atoms with Crippen molar-refractivity contribution in [3.63, 3.8) is 0 Å². The minimum absolute atomic E-state index is 0.549. The molecule has 21 heavy (non-hydrogen) atoms. The maximum absolute atomic E-state index is 6.30. The van der Waals surface area contributed by atoms with Gasteiger partial charge in [0.05, 0.1) is 10.4 Å². The molecule has 3 rings (SSSR count). The van der Waals surface area contributed by atoms with Crippen LogP contribution in [-0.4, -0.2) is 14.8 Å². The van der Waals surface area contributed by atoms with Gasteiger partial charge in [-0.1, -0.05) is 57.3 Å². The fourth-order valence-corrected chi connectivity index (χ4v) is 2.95. The summed E-state index contributed by atoms with van der Waals surface area (Å²) in [6, 6.07) is 15.3. The van der Waals surface area contributed by atoms with Gasteiger partial charge in [-0.2, -0.15) is 0 Å². The molecule has 0 amide bonds. The fraction of sp³-hybridized carbons (Fsp3) is 0.0667.